The molecule has 120 valence electrons. The van der Waals surface area contributed by atoms with Crippen LogP contribution in [0.5, 0.6) is 17.2 Å². The van der Waals surface area contributed by atoms with Crippen LogP contribution in [0.4, 0.5) is 5.69 Å². The Kier molecular flexibility index (Phi) is 4.30. The topological polar surface area (TPSA) is 48.0 Å². The predicted molar refractivity (Wildman–Crippen MR) is 87.7 cm³/mol. The number of nitrogens with zero attached hydrogens (tertiary/aromatic N) is 1. The number of amides is 1. The summed E-state index contributed by atoms with van der Waals surface area (Å²) in [7, 11) is 3.14. The first-order valence-corrected chi connectivity index (χ1v) is 7.44. The van der Waals surface area contributed by atoms with Gasteiger partial charge in [-0.25, -0.2) is 0 Å². The second-order valence-electron chi connectivity index (χ2n) is 5.06. The van der Waals surface area contributed by atoms with Crippen LogP contribution in [0.3, 0.4) is 0 Å². The van der Waals surface area contributed by atoms with Crippen molar-refractivity contribution in [1.29, 1.82) is 0 Å². The Hall–Kier alpha value is -2.40. The number of ether oxygens (including phenoxy) is 3. The largest absolute Gasteiger partial charge is 0.497 e. The average Bonchev–Trinajstić information content (AvgIpc) is 2.73. The van der Waals surface area contributed by atoms with Crippen molar-refractivity contribution >= 4 is 23.2 Å². The van der Waals surface area contributed by atoms with Gasteiger partial charge < -0.3 is 19.1 Å². The molecule has 1 aliphatic heterocycles. The van der Waals surface area contributed by atoms with E-state index in [0.29, 0.717) is 34.5 Å². The Morgan fingerprint density at radius 1 is 1.13 bits per heavy atom. The Bertz CT molecular complexity index is 747. The maximum atomic E-state index is 12.5. The summed E-state index contributed by atoms with van der Waals surface area (Å²) in [5.41, 5.74) is 1.51. The molecule has 6 heteroatoms. The van der Waals surface area contributed by atoms with E-state index in [2.05, 4.69) is 0 Å². The van der Waals surface area contributed by atoms with Gasteiger partial charge in [0.25, 0.3) is 5.91 Å². The lowest BCUT2D eigenvalue weighted by Gasteiger charge is -2.22. The van der Waals surface area contributed by atoms with Gasteiger partial charge in [-0.2, -0.15) is 0 Å². The minimum Gasteiger partial charge on any atom is -0.497 e. The van der Waals surface area contributed by atoms with Gasteiger partial charge in [0, 0.05) is 16.7 Å². The summed E-state index contributed by atoms with van der Waals surface area (Å²) in [6, 6.07) is 10.7. The van der Waals surface area contributed by atoms with Gasteiger partial charge in [-0.15, -0.1) is 0 Å². The minimum absolute atomic E-state index is 0.0379. The first-order valence-electron chi connectivity index (χ1n) is 7.06. The summed E-state index contributed by atoms with van der Waals surface area (Å²) in [6.45, 7) is 0.321. The van der Waals surface area contributed by atoms with Crippen molar-refractivity contribution in [3.8, 4) is 17.2 Å². The highest BCUT2D eigenvalue weighted by atomic mass is 35.5. The van der Waals surface area contributed by atoms with E-state index in [1.54, 1.807) is 55.5 Å². The van der Waals surface area contributed by atoms with Crippen LogP contribution >= 0.6 is 11.6 Å². The molecular weight excluding hydrogens is 318 g/mol. The molecule has 0 atom stereocenters. The molecule has 0 radical (unpaired) electrons. The Labute approximate surface area is 139 Å². The zero-order valence-electron chi connectivity index (χ0n) is 12.8. The first kappa shape index (κ1) is 15.5. The molecule has 0 N–H and O–H groups in total. The summed E-state index contributed by atoms with van der Waals surface area (Å²) in [5, 5.41) is 0.600. The lowest BCUT2D eigenvalue weighted by atomic mass is 10.1. The third-order valence-corrected chi connectivity index (χ3v) is 3.92. The fourth-order valence-electron chi connectivity index (χ4n) is 2.52. The second kappa shape index (κ2) is 6.38. The van der Waals surface area contributed by atoms with Crippen LogP contribution in [0.2, 0.25) is 5.02 Å². The summed E-state index contributed by atoms with van der Waals surface area (Å²) in [4.78, 5) is 14.1. The van der Waals surface area contributed by atoms with Gasteiger partial charge in [-0.3, -0.25) is 4.79 Å². The first-order chi connectivity index (χ1) is 11.1. The van der Waals surface area contributed by atoms with Crippen molar-refractivity contribution in [2.24, 2.45) is 0 Å². The molecule has 0 unspecified atom stereocenters. The molecule has 0 aliphatic carbocycles. The molecule has 2 aromatic rings. The highest BCUT2D eigenvalue weighted by Crippen LogP contribution is 2.36. The average molecular weight is 334 g/mol. The van der Waals surface area contributed by atoms with Crippen LogP contribution in [-0.4, -0.2) is 26.7 Å². The van der Waals surface area contributed by atoms with E-state index in [1.165, 1.54) is 0 Å². The molecule has 0 aromatic heterocycles. The van der Waals surface area contributed by atoms with Gasteiger partial charge in [0.05, 0.1) is 26.5 Å². The Morgan fingerprint density at radius 2 is 1.96 bits per heavy atom. The molecule has 23 heavy (non-hydrogen) atoms. The van der Waals surface area contributed by atoms with Crippen LogP contribution in [-0.2, 0) is 11.3 Å². The SMILES string of the molecule is COc1ccc(N2Cc3cc(Cl)ccc3OCC2=O)c(OC)c1. The zero-order chi connectivity index (χ0) is 16.4. The fourth-order valence-corrected chi connectivity index (χ4v) is 2.71. The van der Waals surface area contributed by atoms with Gasteiger partial charge in [0.2, 0.25) is 0 Å². The number of hydrogen-bond acceptors (Lipinski definition) is 4. The predicted octanol–water partition coefficient (Wildman–Crippen LogP) is 3.28. The Morgan fingerprint density at radius 3 is 2.70 bits per heavy atom. The van der Waals surface area contributed by atoms with Crippen LogP contribution in [0, 0.1) is 0 Å². The van der Waals surface area contributed by atoms with Crippen molar-refractivity contribution in [2.45, 2.75) is 6.54 Å². The quantitative estimate of drug-likeness (QED) is 0.865. The van der Waals surface area contributed by atoms with Crippen molar-refractivity contribution < 1.29 is 19.0 Å². The number of methoxy groups -OCH3 is 2. The van der Waals surface area contributed by atoms with Gasteiger partial charge in [0.1, 0.15) is 17.2 Å². The minimum atomic E-state index is -0.152. The summed E-state index contributed by atoms with van der Waals surface area (Å²) >= 11 is 6.06. The van der Waals surface area contributed by atoms with Crippen LogP contribution < -0.4 is 19.1 Å². The van der Waals surface area contributed by atoms with E-state index >= 15 is 0 Å². The van der Waals surface area contributed by atoms with E-state index in [9.17, 15) is 4.79 Å². The Balaban J connectivity index is 2.03. The smallest absolute Gasteiger partial charge is 0.265 e. The normalized spacial score (nSPS) is 13.9. The standard InChI is InChI=1S/C17H16ClNO4/c1-21-13-4-5-14(16(8-13)22-2)19-9-11-7-12(18)3-6-15(11)23-10-17(19)20/h3-8H,9-10H2,1-2H3. The molecule has 0 bridgehead atoms. The molecule has 1 heterocycles. The third kappa shape index (κ3) is 3.05. The number of halogens is 1. The summed E-state index contributed by atoms with van der Waals surface area (Å²) in [5.74, 6) is 1.73. The highest BCUT2D eigenvalue weighted by molar-refractivity contribution is 6.30. The van der Waals surface area contributed by atoms with Gasteiger partial charge in [-0.05, 0) is 30.3 Å². The maximum absolute atomic E-state index is 12.5. The second-order valence-corrected chi connectivity index (χ2v) is 5.49. The number of carbonyl (C=O) groups excluding carboxylic acids is 1. The molecular formula is C17H16ClNO4. The molecule has 0 fully saturated rings. The monoisotopic (exact) mass is 333 g/mol. The van der Waals surface area contributed by atoms with Gasteiger partial charge in [0.15, 0.2) is 6.61 Å². The third-order valence-electron chi connectivity index (χ3n) is 3.68. The highest BCUT2D eigenvalue weighted by Gasteiger charge is 2.25. The zero-order valence-corrected chi connectivity index (χ0v) is 13.6. The van der Waals surface area contributed by atoms with E-state index in [4.69, 9.17) is 25.8 Å². The number of benzene rings is 2. The van der Waals surface area contributed by atoms with Crippen molar-refractivity contribution in [3.63, 3.8) is 0 Å². The maximum Gasteiger partial charge on any atom is 0.265 e. The molecule has 1 amide bonds. The van der Waals surface area contributed by atoms with E-state index in [1.807, 2.05) is 0 Å². The number of anilines is 1. The van der Waals surface area contributed by atoms with Crippen molar-refractivity contribution in [2.75, 3.05) is 25.7 Å². The van der Waals surface area contributed by atoms with E-state index in [0.717, 1.165) is 5.56 Å². The van der Waals surface area contributed by atoms with Gasteiger partial charge in [-0.1, -0.05) is 11.6 Å². The molecule has 0 spiro atoms. The number of rotatable bonds is 3. The number of carbonyl (C=O) groups is 1. The lowest BCUT2D eigenvalue weighted by Crippen LogP contribution is -2.32. The molecule has 2 aromatic carbocycles. The lowest BCUT2D eigenvalue weighted by molar-refractivity contribution is -0.120. The van der Waals surface area contributed by atoms with Crippen LogP contribution in [0.25, 0.3) is 0 Å². The number of fused-ring (bicyclic) bond motifs is 1. The molecule has 5 nitrogen and oxygen atoms in total. The van der Waals surface area contributed by atoms with Gasteiger partial charge >= 0.3 is 0 Å². The number of hydrogen-bond donors (Lipinski definition) is 0. The fraction of sp³-hybridized carbons (Fsp3) is 0.235. The van der Waals surface area contributed by atoms with Crippen LogP contribution in [0.15, 0.2) is 36.4 Å². The van der Waals surface area contributed by atoms with Crippen LogP contribution in [0.1, 0.15) is 5.56 Å². The van der Waals surface area contributed by atoms with Crippen molar-refractivity contribution in [3.05, 3.63) is 47.0 Å². The van der Waals surface area contributed by atoms with E-state index < -0.39 is 0 Å². The summed E-state index contributed by atoms with van der Waals surface area (Å²) < 4.78 is 16.2. The molecule has 0 saturated heterocycles. The molecule has 1 aliphatic rings. The summed E-state index contributed by atoms with van der Waals surface area (Å²) in [6.07, 6.45) is 0. The molecule has 0 saturated carbocycles. The molecule has 3 rings (SSSR count). The van der Waals surface area contributed by atoms with E-state index in [-0.39, 0.29) is 12.5 Å². The van der Waals surface area contributed by atoms with Crippen molar-refractivity contribution in [1.82, 2.24) is 0 Å².